The summed E-state index contributed by atoms with van der Waals surface area (Å²) in [5, 5.41) is 20.1. The molecule has 0 saturated heterocycles. The Hall–Kier alpha value is -1.35. The molecule has 0 amide bonds. The number of hydrogen-bond donors (Lipinski definition) is 2. The van der Waals surface area contributed by atoms with Crippen molar-refractivity contribution in [2.75, 3.05) is 0 Å². The highest BCUT2D eigenvalue weighted by molar-refractivity contribution is 5.79. The van der Waals surface area contributed by atoms with Crippen molar-refractivity contribution in [2.24, 2.45) is 0 Å². The first-order chi connectivity index (χ1) is 9.00. The maximum atomic E-state index is 11.6. The normalized spacial score (nSPS) is 25.4. The van der Waals surface area contributed by atoms with Crippen LogP contribution >= 0.6 is 0 Å². The quantitative estimate of drug-likeness (QED) is 0.875. The highest BCUT2D eigenvalue weighted by atomic mass is 16.4. The molecule has 0 aromatic heterocycles. The lowest BCUT2D eigenvalue weighted by molar-refractivity contribution is -0.162. The maximum absolute atomic E-state index is 11.6. The second kappa shape index (κ2) is 5.33. The number of carboxylic acids is 1. The second-order valence-corrected chi connectivity index (χ2v) is 5.64. The van der Waals surface area contributed by atoms with Gasteiger partial charge < -0.3 is 10.2 Å². The van der Waals surface area contributed by atoms with Gasteiger partial charge in [0, 0.05) is 5.92 Å². The minimum Gasteiger partial charge on any atom is -0.479 e. The number of carboxylic acid groups (broad SMARTS) is 1. The molecule has 0 bridgehead atoms. The lowest BCUT2D eigenvalue weighted by Gasteiger charge is -2.38. The third-order valence-electron chi connectivity index (χ3n) is 4.37. The first-order valence-corrected chi connectivity index (χ1v) is 7.05. The lowest BCUT2D eigenvalue weighted by atomic mass is 9.69. The van der Waals surface area contributed by atoms with Crippen LogP contribution in [0.5, 0.6) is 0 Å². The van der Waals surface area contributed by atoms with E-state index in [-0.39, 0.29) is 5.92 Å². The summed E-state index contributed by atoms with van der Waals surface area (Å²) < 4.78 is 0. The minimum atomic E-state index is -1.63. The van der Waals surface area contributed by atoms with Crippen LogP contribution in [-0.4, -0.2) is 21.8 Å². The van der Waals surface area contributed by atoms with Gasteiger partial charge in [-0.05, 0) is 36.3 Å². The molecule has 1 aliphatic rings. The third kappa shape index (κ3) is 2.39. The smallest absolute Gasteiger partial charge is 0.336 e. The van der Waals surface area contributed by atoms with Crippen molar-refractivity contribution in [1.82, 2.24) is 0 Å². The molecule has 0 radical (unpaired) electrons. The number of carbonyl (C=O) groups is 1. The van der Waals surface area contributed by atoms with Crippen LogP contribution in [0.3, 0.4) is 0 Å². The van der Waals surface area contributed by atoms with Crippen LogP contribution in [-0.2, 0) is 4.79 Å². The second-order valence-electron chi connectivity index (χ2n) is 5.64. The van der Waals surface area contributed by atoms with E-state index in [9.17, 15) is 15.0 Å². The van der Waals surface area contributed by atoms with Gasteiger partial charge in [0.15, 0.2) is 5.60 Å². The Labute approximate surface area is 114 Å². The van der Waals surface area contributed by atoms with Crippen molar-refractivity contribution in [3.05, 3.63) is 35.4 Å². The van der Waals surface area contributed by atoms with Crippen molar-refractivity contribution < 1.29 is 15.0 Å². The van der Waals surface area contributed by atoms with E-state index in [0.29, 0.717) is 18.8 Å². The molecule has 1 aromatic carbocycles. The molecule has 3 nitrogen and oxygen atoms in total. The molecule has 3 unspecified atom stereocenters. The summed E-state index contributed by atoms with van der Waals surface area (Å²) in [7, 11) is 0. The first-order valence-electron chi connectivity index (χ1n) is 7.05. The number of benzene rings is 1. The van der Waals surface area contributed by atoms with E-state index < -0.39 is 11.6 Å². The zero-order valence-electron chi connectivity index (χ0n) is 11.6. The zero-order chi connectivity index (χ0) is 14.0. The molecule has 2 rings (SSSR count). The van der Waals surface area contributed by atoms with Crippen LogP contribution in [0, 0.1) is 0 Å². The third-order valence-corrected chi connectivity index (χ3v) is 4.37. The van der Waals surface area contributed by atoms with Gasteiger partial charge in [-0.1, -0.05) is 44.5 Å². The van der Waals surface area contributed by atoms with E-state index in [0.717, 1.165) is 18.4 Å². The van der Waals surface area contributed by atoms with Crippen molar-refractivity contribution in [1.29, 1.82) is 0 Å². The molecule has 3 heteroatoms. The van der Waals surface area contributed by atoms with Gasteiger partial charge in [-0.15, -0.1) is 0 Å². The van der Waals surface area contributed by atoms with Crippen molar-refractivity contribution in [3.8, 4) is 0 Å². The molecule has 0 fully saturated rings. The van der Waals surface area contributed by atoms with Gasteiger partial charge in [0.2, 0.25) is 0 Å². The van der Waals surface area contributed by atoms with Crippen LogP contribution in [0.2, 0.25) is 0 Å². The molecule has 104 valence electrons. The maximum Gasteiger partial charge on any atom is 0.336 e. The van der Waals surface area contributed by atoms with E-state index in [4.69, 9.17) is 0 Å². The van der Waals surface area contributed by atoms with Gasteiger partial charge >= 0.3 is 5.97 Å². The number of aliphatic carboxylic acids is 1. The molecule has 2 N–H and O–H groups in total. The Morgan fingerprint density at radius 3 is 2.53 bits per heavy atom. The van der Waals surface area contributed by atoms with E-state index in [1.54, 1.807) is 0 Å². The molecule has 0 spiro atoms. The molecule has 0 aliphatic heterocycles. The highest BCUT2D eigenvalue weighted by Crippen LogP contribution is 2.45. The predicted molar refractivity (Wildman–Crippen MR) is 74.3 cm³/mol. The van der Waals surface area contributed by atoms with Crippen molar-refractivity contribution in [2.45, 2.75) is 57.0 Å². The molecular weight excluding hydrogens is 240 g/mol. The van der Waals surface area contributed by atoms with Crippen LogP contribution < -0.4 is 0 Å². The van der Waals surface area contributed by atoms with E-state index in [1.807, 2.05) is 25.1 Å². The monoisotopic (exact) mass is 262 g/mol. The van der Waals surface area contributed by atoms with Gasteiger partial charge in [-0.3, -0.25) is 0 Å². The van der Waals surface area contributed by atoms with Crippen LogP contribution in [0.4, 0.5) is 0 Å². The number of fused-ring (bicyclic) bond motifs is 1. The summed E-state index contributed by atoms with van der Waals surface area (Å²) >= 11 is 0. The Morgan fingerprint density at radius 1 is 1.32 bits per heavy atom. The van der Waals surface area contributed by atoms with Crippen molar-refractivity contribution >= 4 is 5.97 Å². The van der Waals surface area contributed by atoms with Crippen LogP contribution in [0.15, 0.2) is 24.3 Å². The lowest BCUT2D eigenvalue weighted by Crippen LogP contribution is -2.45. The van der Waals surface area contributed by atoms with Gasteiger partial charge in [-0.2, -0.15) is 0 Å². The number of hydrogen-bond acceptors (Lipinski definition) is 2. The first kappa shape index (κ1) is 14.1. The Bertz CT molecular complexity index is 469. The highest BCUT2D eigenvalue weighted by Gasteiger charge is 2.46. The standard InChI is InChI=1S/C16H22O3/c1-3-10-16(19,15(17)18)14-9-8-11(2)12-6-4-5-7-13(12)14/h4-7,11,14,19H,3,8-10H2,1-2H3,(H,17,18). The SMILES string of the molecule is CCCC(O)(C(=O)O)C1CCC(C)c2ccccc21. The average molecular weight is 262 g/mol. The predicted octanol–water partition coefficient (Wildman–Crippen LogP) is 3.28. The Kier molecular flexibility index (Phi) is 3.95. The molecular formula is C16H22O3. The molecule has 1 aliphatic carbocycles. The summed E-state index contributed by atoms with van der Waals surface area (Å²) in [5.74, 6) is -0.951. The molecule has 3 atom stereocenters. The van der Waals surface area contributed by atoms with Crippen LogP contribution in [0.25, 0.3) is 0 Å². The molecule has 1 aromatic rings. The summed E-state index contributed by atoms with van der Waals surface area (Å²) in [6, 6.07) is 7.94. The summed E-state index contributed by atoms with van der Waals surface area (Å²) in [4.78, 5) is 11.6. The molecule has 19 heavy (non-hydrogen) atoms. The number of aliphatic hydroxyl groups is 1. The fourth-order valence-electron chi connectivity index (χ4n) is 3.31. The van der Waals surface area contributed by atoms with E-state index in [2.05, 4.69) is 13.0 Å². The molecule has 0 heterocycles. The summed E-state index contributed by atoms with van der Waals surface area (Å²) in [5.41, 5.74) is 0.569. The van der Waals surface area contributed by atoms with Gasteiger partial charge in [0.25, 0.3) is 0 Å². The van der Waals surface area contributed by atoms with E-state index >= 15 is 0 Å². The van der Waals surface area contributed by atoms with Crippen LogP contribution in [0.1, 0.15) is 62.5 Å². The Morgan fingerprint density at radius 2 is 1.95 bits per heavy atom. The van der Waals surface area contributed by atoms with E-state index in [1.165, 1.54) is 5.56 Å². The fourth-order valence-corrected chi connectivity index (χ4v) is 3.31. The Balaban J connectivity index is 2.46. The summed E-state index contributed by atoms with van der Waals surface area (Å²) in [6.45, 7) is 4.07. The van der Waals surface area contributed by atoms with Gasteiger partial charge in [0.05, 0.1) is 0 Å². The zero-order valence-corrected chi connectivity index (χ0v) is 11.6. The summed E-state index contributed by atoms with van der Waals surface area (Å²) in [6.07, 6.45) is 2.63. The van der Waals surface area contributed by atoms with Crippen molar-refractivity contribution in [3.63, 3.8) is 0 Å². The van der Waals surface area contributed by atoms with Gasteiger partial charge in [-0.25, -0.2) is 4.79 Å². The fraction of sp³-hybridized carbons (Fsp3) is 0.562. The minimum absolute atomic E-state index is 0.294. The average Bonchev–Trinajstić information content (AvgIpc) is 2.39. The topological polar surface area (TPSA) is 57.5 Å². The largest absolute Gasteiger partial charge is 0.479 e. The van der Waals surface area contributed by atoms with Gasteiger partial charge in [0.1, 0.15) is 0 Å². The number of rotatable bonds is 4. The molecule has 0 saturated carbocycles.